The van der Waals surface area contributed by atoms with Crippen LogP contribution in [0.25, 0.3) is 0 Å². The zero-order chi connectivity index (χ0) is 22.1. The van der Waals surface area contributed by atoms with Crippen LogP contribution in [0.1, 0.15) is 48.3 Å². The molecule has 0 saturated heterocycles. The lowest BCUT2D eigenvalue weighted by molar-refractivity contribution is -0.137. The monoisotopic (exact) mass is 500 g/mol. The Bertz CT molecular complexity index is 710. The van der Waals surface area contributed by atoms with Crippen LogP contribution in [0.15, 0.2) is 34.8 Å². The van der Waals surface area contributed by atoms with Crippen molar-refractivity contribution in [1.29, 1.82) is 0 Å². The Morgan fingerprint density at radius 3 is 2.77 bits per heavy atom. The van der Waals surface area contributed by atoms with Gasteiger partial charge in [-0.05, 0) is 66.9 Å². The molecule has 1 aliphatic carbocycles. The molecule has 0 spiro atoms. The van der Waals surface area contributed by atoms with Crippen LogP contribution < -0.4 is 0 Å². The third-order valence-electron chi connectivity index (χ3n) is 5.69. The highest BCUT2D eigenvalue weighted by molar-refractivity contribution is 9.10. The van der Waals surface area contributed by atoms with Crippen LogP contribution in [0, 0.1) is 18.8 Å². The Kier molecular flexibility index (Phi) is 10.8. The summed E-state index contributed by atoms with van der Waals surface area (Å²) >= 11 is 5.34. The minimum Gasteiger partial charge on any atom is -0.481 e. The highest BCUT2D eigenvalue weighted by atomic mass is 79.9. The van der Waals surface area contributed by atoms with Crippen molar-refractivity contribution in [2.24, 2.45) is 11.8 Å². The second-order valence-corrected chi connectivity index (χ2v) is 10.1. The standard InChI is InChI=1S/C23H33BrO5S/c1-15-20(24)13-17(30-15)11-9-16(29-2)10-12-19-18(21(25)14-22(19)26)7-5-3-4-6-8-23(27)28/h3,5,10,12-13,16,18-19,21-22,25-26H,4,6-9,11,14H2,1-2H3,(H,27,28)/b5-3+,12-10+. The minimum atomic E-state index is -0.780. The van der Waals surface area contributed by atoms with Gasteiger partial charge in [0.1, 0.15) is 0 Å². The summed E-state index contributed by atoms with van der Waals surface area (Å²) in [6, 6.07) is 2.16. The van der Waals surface area contributed by atoms with E-state index in [4.69, 9.17) is 9.84 Å². The third-order valence-corrected chi connectivity index (χ3v) is 7.88. The number of halogens is 1. The maximum Gasteiger partial charge on any atom is 0.303 e. The fourth-order valence-electron chi connectivity index (χ4n) is 3.92. The summed E-state index contributed by atoms with van der Waals surface area (Å²) in [5.41, 5.74) is 0. The zero-order valence-corrected chi connectivity index (χ0v) is 20.1. The Morgan fingerprint density at radius 1 is 1.37 bits per heavy atom. The summed E-state index contributed by atoms with van der Waals surface area (Å²) in [6.45, 7) is 2.10. The van der Waals surface area contributed by atoms with Crippen molar-refractivity contribution < 1.29 is 24.9 Å². The topological polar surface area (TPSA) is 87.0 Å². The maximum atomic E-state index is 10.6. The number of aryl methyl sites for hydroxylation is 2. The second-order valence-electron chi connectivity index (χ2n) is 7.92. The first kappa shape index (κ1) is 25.3. The minimum absolute atomic E-state index is 0.0386. The largest absolute Gasteiger partial charge is 0.481 e. The van der Waals surface area contributed by atoms with Gasteiger partial charge in [-0.15, -0.1) is 11.3 Å². The van der Waals surface area contributed by atoms with Gasteiger partial charge in [-0.1, -0.05) is 24.3 Å². The van der Waals surface area contributed by atoms with Crippen molar-refractivity contribution in [3.63, 3.8) is 0 Å². The van der Waals surface area contributed by atoms with E-state index in [2.05, 4.69) is 28.9 Å². The van der Waals surface area contributed by atoms with E-state index in [9.17, 15) is 15.0 Å². The molecule has 168 valence electrons. The molecule has 1 fully saturated rings. The number of rotatable bonds is 12. The molecule has 2 rings (SSSR count). The number of carbonyl (C=O) groups is 1. The van der Waals surface area contributed by atoms with Crippen LogP contribution in [0.5, 0.6) is 0 Å². The fraction of sp³-hybridized carbons (Fsp3) is 0.609. The lowest BCUT2D eigenvalue weighted by Crippen LogP contribution is -2.20. The summed E-state index contributed by atoms with van der Waals surface area (Å²) in [5.74, 6) is -0.933. The molecule has 0 amide bonds. The molecule has 3 N–H and O–H groups in total. The van der Waals surface area contributed by atoms with E-state index >= 15 is 0 Å². The van der Waals surface area contributed by atoms with E-state index in [-0.39, 0.29) is 24.4 Å². The van der Waals surface area contributed by atoms with Crippen LogP contribution in [-0.4, -0.2) is 46.7 Å². The normalized spacial score (nSPS) is 25.5. The third kappa shape index (κ3) is 7.93. The molecule has 5 atom stereocenters. The first-order valence-corrected chi connectivity index (χ1v) is 12.1. The van der Waals surface area contributed by atoms with Gasteiger partial charge in [-0.2, -0.15) is 0 Å². The number of carboxylic acid groups (broad SMARTS) is 1. The number of unbranched alkanes of at least 4 members (excludes halogenated alkanes) is 1. The Balaban J connectivity index is 1.88. The number of aliphatic carboxylic acids is 1. The number of allylic oxidation sites excluding steroid dienone is 2. The van der Waals surface area contributed by atoms with Gasteiger partial charge < -0.3 is 20.1 Å². The van der Waals surface area contributed by atoms with Gasteiger partial charge in [-0.25, -0.2) is 0 Å². The number of ether oxygens (including phenoxy) is 1. The molecule has 1 aliphatic rings. The predicted octanol–water partition coefficient (Wildman–Crippen LogP) is 4.88. The fourth-order valence-corrected chi connectivity index (χ4v) is 5.54. The molecule has 0 bridgehead atoms. The van der Waals surface area contributed by atoms with E-state index in [1.165, 1.54) is 9.75 Å². The number of hydrogen-bond donors (Lipinski definition) is 3. The van der Waals surface area contributed by atoms with Crippen LogP contribution in [0.3, 0.4) is 0 Å². The first-order valence-electron chi connectivity index (χ1n) is 10.5. The molecule has 0 radical (unpaired) electrons. The van der Waals surface area contributed by atoms with Gasteiger partial charge in [-0.3, -0.25) is 4.79 Å². The van der Waals surface area contributed by atoms with Crippen molar-refractivity contribution in [2.75, 3.05) is 7.11 Å². The lowest BCUT2D eigenvalue weighted by Gasteiger charge is -2.20. The average Bonchev–Trinajstić information content (AvgIpc) is 3.15. The van der Waals surface area contributed by atoms with Crippen molar-refractivity contribution in [3.05, 3.63) is 44.6 Å². The number of hydrogen-bond acceptors (Lipinski definition) is 5. The highest BCUT2D eigenvalue weighted by Crippen LogP contribution is 2.36. The quantitative estimate of drug-likeness (QED) is 0.281. The zero-order valence-electron chi connectivity index (χ0n) is 17.7. The van der Waals surface area contributed by atoms with Crippen molar-refractivity contribution in [2.45, 2.75) is 70.2 Å². The van der Waals surface area contributed by atoms with Crippen LogP contribution in [-0.2, 0) is 16.0 Å². The molecule has 0 aliphatic heterocycles. The molecule has 30 heavy (non-hydrogen) atoms. The molecule has 0 aromatic carbocycles. The molecule has 5 nitrogen and oxygen atoms in total. The van der Waals surface area contributed by atoms with Crippen molar-refractivity contribution in [3.8, 4) is 0 Å². The Labute approximate surface area is 191 Å². The number of methoxy groups -OCH3 is 1. The summed E-state index contributed by atoms with van der Waals surface area (Å²) in [4.78, 5) is 13.1. The van der Waals surface area contributed by atoms with E-state index in [0.717, 1.165) is 17.3 Å². The average molecular weight is 501 g/mol. The summed E-state index contributed by atoms with van der Waals surface area (Å²) in [7, 11) is 1.70. The Hall–Kier alpha value is -0.990. The predicted molar refractivity (Wildman–Crippen MR) is 124 cm³/mol. The molecular weight excluding hydrogens is 468 g/mol. The van der Waals surface area contributed by atoms with Gasteiger partial charge in [0.05, 0.1) is 18.3 Å². The first-order chi connectivity index (χ1) is 14.3. The van der Waals surface area contributed by atoms with E-state index in [1.54, 1.807) is 18.4 Å². The molecule has 1 aromatic heterocycles. The molecular formula is C23H33BrO5S. The van der Waals surface area contributed by atoms with Gasteiger partial charge >= 0.3 is 5.97 Å². The Morgan fingerprint density at radius 2 is 2.13 bits per heavy atom. The molecule has 1 aromatic rings. The number of thiophene rings is 1. The number of aliphatic hydroxyl groups is 2. The molecule has 1 heterocycles. The van der Waals surface area contributed by atoms with E-state index < -0.39 is 18.2 Å². The number of aliphatic hydroxyl groups excluding tert-OH is 2. The van der Waals surface area contributed by atoms with Crippen molar-refractivity contribution >= 4 is 33.2 Å². The highest BCUT2D eigenvalue weighted by Gasteiger charge is 2.39. The SMILES string of the molecule is COC(/C=C/C1C(O)CC(O)C1C/C=C/CCCC(=O)O)CCc1cc(Br)c(C)s1. The maximum absolute atomic E-state index is 10.6. The summed E-state index contributed by atoms with van der Waals surface area (Å²) < 4.78 is 6.76. The van der Waals surface area contributed by atoms with Crippen LogP contribution in [0.2, 0.25) is 0 Å². The molecule has 5 unspecified atom stereocenters. The lowest BCUT2D eigenvalue weighted by atomic mass is 9.89. The summed E-state index contributed by atoms with van der Waals surface area (Å²) in [5, 5.41) is 29.5. The van der Waals surface area contributed by atoms with Crippen LogP contribution in [0.4, 0.5) is 0 Å². The van der Waals surface area contributed by atoms with Gasteiger partial charge in [0.25, 0.3) is 0 Å². The van der Waals surface area contributed by atoms with E-state index in [0.29, 0.717) is 25.7 Å². The summed E-state index contributed by atoms with van der Waals surface area (Å²) in [6.07, 6.45) is 11.2. The number of carboxylic acids is 1. The molecule has 1 saturated carbocycles. The smallest absolute Gasteiger partial charge is 0.303 e. The van der Waals surface area contributed by atoms with E-state index in [1.807, 2.05) is 24.3 Å². The van der Waals surface area contributed by atoms with Crippen LogP contribution >= 0.6 is 27.3 Å². The van der Waals surface area contributed by atoms with Gasteiger partial charge in [0.15, 0.2) is 0 Å². The second kappa shape index (κ2) is 12.8. The molecule has 7 heteroatoms. The van der Waals surface area contributed by atoms with Gasteiger partial charge in [0, 0.05) is 40.1 Å². The van der Waals surface area contributed by atoms with Crippen molar-refractivity contribution in [1.82, 2.24) is 0 Å². The van der Waals surface area contributed by atoms with Gasteiger partial charge in [0.2, 0.25) is 0 Å².